The van der Waals surface area contributed by atoms with Gasteiger partial charge in [0.25, 0.3) is 0 Å². The van der Waals surface area contributed by atoms with Crippen molar-refractivity contribution in [1.29, 1.82) is 0 Å². The van der Waals surface area contributed by atoms with E-state index in [4.69, 9.17) is 5.11 Å². The lowest BCUT2D eigenvalue weighted by Crippen LogP contribution is -2.36. The van der Waals surface area contributed by atoms with Crippen LogP contribution in [0.25, 0.3) is 0 Å². The van der Waals surface area contributed by atoms with Gasteiger partial charge in [-0.3, -0.25) is 0 Å². The number of rotatable bonds is 8. The van der Waals surface area contributed by atoms with Gasteiger partial charge in [-0.05, 0) is 76.7 Å². The SMILES string of the molecule is CCCCN1CCC(CCC2CCN(CCO)CC2)CC1. The monoisotopic (exact) mass is 296 g/mol. The third-order valence-electron chi connectivity index (χ3n) is 5.64. The highest BCUT2D eigenvalue weighted by Gasteiger charge is 2.22. The molecule has 0 atom stereocenters. The molecule has 3 heteroatoms. The normalized spacial score (nSPS) is 23.7. The van der Waals surface area contributed by atoms with E-state index < -0.39 is 0 Å². The molecule has 0 aromatic rings. The van der Waals surface area contributed by atoms with Crippen molar-refractivity contribution in [1.82, 2.24) is 9.80 Å². The van der Waals surface area contributed by atoms with Crippen LogP contribution in [0, 0.1) is 11.8 Å². The lowest BCUT2D eigenvalue weighted by atomic mass is 9.85. The average molecular weight is 296 g/mol. The number of aliphatic hydroxyl groups is 1. The predicted molar refractivity (Wildman–Crippen MR) is 89.6 cm³/mol. The fourth-order valence-corrected chi connectivity index (χ4v) is 3.99. The minimum Gasteiger partial charge on any atom is -0.395 e. The van der Waals surface area contributed by atoms with E-state index in [9.17, 15) is 0 Å². The van der Waals surface area contributed by atoms with Crippen LogP contribution in [0.5, 0.6) is 0 Å². The van der Waals surface area contributed by atoms with E-state index in [1.165, 1.54) is 84.1 Å². The second-order valence-electron chi connectivity index (χ2n) is 7.22. The van der Waals surface area contributed by atoms with Crippen LogP contribution in [0.2, 0.25) is 0 Å². The standard InChI is InChI=1S/C18H36N2O/c1-2-3-10-19-11-6-17(7-12-19)4-5-18-8-13-20(14-9-18)15-16-21/h17-18,21H,2-16H2,1H3. The van der Waals surface area contributed by atoms with Crippen molar-refractivity contribution in [2.24, 2.45) is 11.8 Å². The molecule has 124 valence electrons. The van der Waals surface area contributed by atoms with Gasteiger partial charge in [0.2, 0.25) is 0 Å². The number of hydrogen-bond acceptors (Lipinski definition) is 3. The molecule has 0 aromatic carbocycles. The van der Waals surface area contributed by atoms with Crippen LogP contribution >= 0.6 is 0 Å². The second kappa shape index (κ2) is 9.81. The molecule has 1 N–H and O–H groups in total. The zero-order valence-corrected chi connectivity index (χ0v) is 14.1. The fraction of sp³-hybridized carbons (Fsp3) is 1.00. The van der Waals surface area contributed by atoms with Gasteiger partial charge in [0.1, 0.15) is 0 Å². The van der Waals surface area contributed by atoms with Gasteiger partial charge in [-0.15, -0.1) is 0 Å². The van der Waals surface area contributed by atoms with Crippen LogP contribution in [0.4, 0.5) is 0 Å². The fourth-order valence-electron chi connectivity index (χ4n) is 3.99. The Kier molecular flexibility index (Phi) is 8.05. The molecule has 0 saturated carbocycles. The Morgan fingerprint density at radius 3 is 1.71 bits per heavy atom. The van der Waals surface area contributed by atoms with Crippen LogP contribution in [-0.4, -0.2) is 60.8 Å². The highest BCUT2D eigenvalue weighted by atomic mass is 16.3. The molecule has 0 unspecified atom stereocenters. The van der Waals surface area contributed by atoms with Gasteiger partial charge in [0.05, 0.1) is 6.61 Å². The van der Waals surface area contributed by atoms with Gasteiger partial charge in [-0.2, -0.15) is 0 Å². The minimum atomic E-state index is 0.321. The summed E-state index contributed by atoms with van der Waals surface area (Å²) in [6.07, 6.45) is 11.2. The zero-order chi connectivity index (χ0) is 14.9. The van der Waals surface area contributed by atoms with Gasteiger partial charge < -0.3 is 14.9 Å². The van der Waals surface area contributed by atoms with E-state index in [0.29, 0.717) is 6.61 Å². The average Bonchev–Trinajstić information content (AvgIpc) is 2.53. The number of aliphatic hydroxyl groups excluding tert-OH is 1. The van der Waals surface area contributed by atoms with E-state index in [0.717, 1.165) is 18.4 Å². The Morgan fingerprint density at radius 1 is 0.810 bits per heavy atom. The molecule has 0 bridgehead atoms. The third-order valence-corrected chi connectivity index (χ3v) is 5.64. The van der Waals surface area contributed by atoms with Crippen LogP contribution in [0.3, 0.4) is 0 Å². The van der Waals surface area contributed by atoms with Crippen molar-refractivity contribution in [3.05, 3.63) is 0 Å². The summed E-state index contributed by atoms with van der Waals surface area (Å²) < 4.78 is 0. The Balaban J connectivity index is 1.54. The van der Waals surface area contributed by atoms with Crippen molar-refractivity contribution < 1.29 is 5.11 Å². The van der Waals surface area contributed by atoms with Crippen LogP contribution in [-0.2, 0) is 0 Å². The van der Waals surface area contributed by atoms with E-state index in [-0.39, 0.29) is 0 Å². The summed E-state index contributed by atoms with van der Waals surface area (Å²) in [5, 5.41) is 8.99. The highest BCUT2D eigenvalue weighted by Crippen LogP contribution is 2.28. The number of likely N-dealkylation sites (tertiary alicyclic amines) is 2. The lowest BCUT2D eigenvalue weighted by molar-refractivity contribution is 0.133. The van der Waals surface area contributed by atoms with Crippen molar-refractivity contribution >= 4 is 0 Å². The maximum Gasteiger partial charge on any atom is 0.0558 e. The summed E-state index contributed by atoms with van der Waals surface area (Å²) in [5.41, 5.74) is 0. The summed E-state index contributed by atoms with van der Waals surface area (Å²) in [6, 6.07) is 0. The first-order valence-electron chi connectivity index (χ1n) is 9.37. The Labute approximate surface area is 131 Å². The summed E-state index contributed by atoms with van der Waals surface area (Å²) in [5.74, 6) is 1.96. The Bertz CT molecular complexity index is 256. The van der Waals surface area contributed by atoms with Crippen molar-refractivity contribution in [3.8, 4) is 0 Å². The molecule has 0 aliphatic carbocycles. The first-order chi connectivity index (χ1) is 10.3. The van der Waals surface area contributed by atoms with E-state index in [1.807, 2.05) is 0 Å². The second-order valence-corrected chi connectivity index (χ2v) is 7.22. The number of piperidine rings is 2. The first-order valence-corrected chi connectivity index (χ1v) is 9.37. The topological polar surface area (TPSA) is 26.7 Å². The maximum absolute atomic E-state index is 8.99. The highest BCUT2D eigenvalue weighted by molar-refractivity contribution is 4.76. The maximum atomic E-state index is 8.99. The molecular formula is C18H36N2O. The molecule has 21 heavy (non-hydrogen) atoms. The van der Waals surface area contributed by atoms with Gasteiger partial charge in [0, 0.05) is 6.54 Å². The molecule has 2 rings (SSSR count). The molecule has 0 radical (unpaired) electrons. The molecule has 0 spiro atoms. The van der Waals surface area contributed by atoms with Gasteiger partial charge in [0.15, 0.2) is 0 Å². The summed E-state index contributed by atoms with van der Waals surface area (Å²) in [6.45, 7) is 9.93. The van der Waals surface area contributed by atoms with Gasteiger partial charge in [-0.1, -0.05) is 26.2 Å². The molecule has 2 fully saturated rings. The van der Waals surface area contributed by atoms with E-state index in [1.54, 1.807) is 0 Å². The zero-order valence-electron chi connectivity index (χ0n) is 14.1. The van der Waals surface area contributed by atoms with Gasteiger partial charge in [-0.25, -0.2) is 0 Å². The summed E-state index contributed by atoms with van der Waals surface area (Å²) >= 11 is 0. The molecule has 2 saturated heterocycles. The molecule has 3 nitrogen and oxygen atoms in total. The third kappa shape index (κ3) is 6.25. The Morgan fingerprint density at radius 2 is 1.29 bits per heavy atom. The number of nitrogens with zero attached hydrogens (tertiary/aromatic N) is 2. The number of hydrogen-bond donors (Lipinski definition) is 1. The van der Waals surface area contributed by atoms with Crippen LogP contribution in [0.1, 0.15) is 58.3 Å². The van der Waals surface area contributed by atoms with Crippen molar-refractivity contribution in [2.75, 3.05) is 45.9 Å². The van der Waals surface area contributed by atoms with Gasteiger partial charge >= 0.3 is 0 Å². The first kappa shape index (κ1) is 17.2. The van der Waals surface area contributed by atoms with Crippen molar-refractivity contribution in [2.45, 2.75) is 58.3 Å². The van der Waals surface area contributed by atoms with Crippen molar-refractivity contribution in [3.63, 3.8) is 0 Å². The predicted octanol–water partition coefficient (Wildman–Crippen LogP) is 2.98. The Hall–Kier alpha value is -0.120. The molecule has 0 aromatic heterocycles. The molecule has 2 heterocycles. The summed E-state index contributed by atoms with van der Waals surface area (Å²) in [4.78, 5) is 5.09. The molecule has 0 amide bonds. The smallest absolute Gasteiger partial charge is 0.0558 e. The van der Waals surface area contributed by atoms with Crippen LogP contribution < -0.4 is 0 Å². The minimum absolute atomic E-state index is 0.321. The van der Waals surface area contributed by atoms with E-state index >= 15 is 0 Å². The van der Waals surface area contributed by atoms with Crippen LogP contribution in [0.15, 0.2) is 0 Å². The molecule has 2 aliphatic heterocycles. The number of unbranched alkanes of at least 4 members (excludes halogenated alkanes) is 1. The quantitative estimate of drug-likeness (QED) is 0.746. The lowest BCUT2D eigenvalue weighted by Gasteiger charge is -2.34. The molecule has 2 aliphatic rings. The summed E-state index contributed by atoms with van der Waals surface area (Å²) in [7, 11) is 0. The largest absolute Gasteiger partial charge is 0.395 e. The van der Waals surface area contributed by atoms with E-state index in [2.05, 4.69) is 16.7 Å². The molecular weight excluding hydrogens is 260 g/mol. The number of β-amino-alcohol motifs (C(OH)–C–C–N with tert-alkyl or cyclic N) is 1.